The number of ether oxygens (including phenoxy) is 3. The lowest BCUT2D eigenvalue weighted by molar-refractivity contribution is 0.325. The van der Waals surface area contributed by atoms with E-state index >= 15 is 0 Å². The predicted molar refractivity (Wildman–Crippen MR) is 83.2 cm³/mol. The van der Waals surface area contributed by atoms with Gasteiger partial charge in [0.05, 0.1) is 32.6 Å². The molecule has 0 radical (unpaired) electrons. The van der Waals surface area contributed by atoms with Crippen molar-refractivity contribution in [1.82, 2.24) is 4.98 Å². The average Bonchev–Trinajstić information content (AvgIpc) is 2.52. The molecule has 7 heteroatoms. The van der Waals surface area contributed by atoms with Crippen LogP contribution in [-0.4, -0.2) is 32.1 Å². The minimum absolute atomic E-state index is 0.114. The van der Waals surface area contributed by atoms with Crippen molar-refractivity contribution in [2.24, 2.45) is 5.73 Å². The van der Waals surface area contributed by atoms with Crippen LogP contribution in [0.5, 0.6) is 17.2 Å². The van der Waals surface area contributed by atoms with Crippen molar-refractivity contribution >= 4 is 5.84 Å². The first-order chi connectivity index (χ1) is 10.5. The molecule has 22 heavy (non-hydrogen) atoms. The van der Waals surface area contributed by atoms with Gasteiger partial charge < -0.3 is 24.9 Å². The quantitative estimate of drug-likeness (QED) is 0.570. The molecule has 1 aromatic carbocycles. The Morgan fingerprint density at radius 1 is 1.05 bits per heavy atom. The van der Waals surface area contributed by atoms with Crippen molar-refractivity contribution in [2.75, 3.05) is 21.3 Å². The maximum absolute atomic E-state index is 12.0. The van der Waals surface area contributed by atoms with Crippen LogP contribution in [0.15, 0.2) is 29.1 Å². The number of hydrogen-bond acceptors (Lipinski definition) is 5. The predicted octanol–water partition coefficient (Wildman–Crippen LogP) is 1.35. The number of nitrogens with two attached hydrogens (primary N) is 1. The second-order valence-corrected chi connectivity index (χ2v) is 4.41. The van der Waals surface area contributed by atoms with Gasteiger partial charge in [0.15, 0.2) is 11.5 Å². The summed E-state index contributed by atoms with van der Waals surface area (Å²) in [5.41, 5.74) is 6.17. The molecule has 2 aromatic rings. The van der Waals surface area contributed by atoms with E-state index < -0.39 is 5.56 Å². The Kier molecular flexibility index (Phi) is 4.36. The summed E-state index contributed by atoms with van der Waals surface area (Å²) in [6.07, 6.45) is 0. The van der Waals surface area contributed by atoms with Crippen LogP contribution in [0.2, 0.25) is 0 Å². The minimum Gasteiger partial charge on any atom is -0.493 e. The van der Waals surface area contributed by atoms with Crippen LogP contribution >= 0.6 is 0 Å². The Bertz CT molecular complexity index is 768. The molecule has 0 aliphatic carbocycles. The zero-order chi connectivity index (χ0) is 16.3. The molecule has 0 saturated heterocycles. The molecule has 0 aliphatic rings. The summed E-state index contributed by atoms with van der Waals surface area (Å²) >= 11 is 0. The second kappa shape index (κ2) is 6.21. The summed E-state index contributed by atoms with van der Waals surface area (Å²) in [5, 5.41) is 7.34. The third kappa shape index (κ3) is 2.60. The van der Waals surface area contributed by atoms with E-state index in [1.807, 2.05) is 0 Å². The number of H-pyrrole nitrogens is 1. The number of aromatic amines is 1. The van der Waals surface area contributed by atoms with Gasteiger partial charge in [-0.25, -0.2) is 0 Å². The van der Waals surface area contributed by atoms with Crippen LogP contribution in [0.25, 0.3) is 11.3 Å². The number of pyridine rings is 1. The van der Waals surface area contributed by atoms with Crippen LogP contribution in [0.4, 0.5) is 0 Å². The lowest BCUT2D eigenvalue weighted by atomic mass is 10.1. The van der Waals surface area contributed by atoms with E-state index in [4.69, 9.17) is 25.4 Å². The topological polar surface area (TPSA) is 110 Å². The van der Waals surface area contributed by atoms with Gasteiger partial charge in [0, 0.05) is 5.56 Å². The molecule has 1 aromatic heterocycles. The summed E-state index contributed by atoms with van der Waals surface area (Å²) in [4.78, 5) is 14.6. The molecule has 0 saturated carbocycles. The zero-order valence-corrected chi connectivity index (χ0v) is 12.5. The summed E-state index contributed by atoms with van der Waals surface area (Å²) in [5.74, 6) is 1.10. The number of aromatic nitrogens is 1. The number of rotatable bonds is 5. The van der Waals surface area contributed by atoms with Crippen molar-refractivity contribution in [3.63, 3.8) is 0 Å². The average molecular weight is 303 g/mol. The van der Waals surface area contributed by atoms with Gasteiger partial charge in [-0.3, -0.25) is 10.2 Å². The summed E-state index contributed by atoms with van der Waals surface area (Å²) in [6, 6.07) is 6.61. The van der Waals surface area contributed by atoms with Gasteiger partial charge in [0.25, 0.3) is 5.56 Å². The van der Waals surface area contributed by atoms with Crippen LogP contribution in [0.1, 0.15) is 5.56 Å². The molecule has 0 unspecified atom stereocenters. The third-order valence-electron chi connectivity index (χ3n) is 3.19. The van der Waals surface area contributed by atoms with E-state index in [0.717, 1.165) is 0 Å². The van der Waals surface area contributed by atoms with Crippen molar-refractivity contribution < 1.29 is 14.2 Å². The van der Waals surface area contributed by atoms with Crippen molar-refractivity contribution in [3.05, 3.63) is 40.2 Å². The summed E-state index contributed by atoms with van der Waals surface area (Å²) in [7, 11) is 4.54. The Hall–Kier alpha value is -2.96. The van der Waals surface area contributed by atoms with Gasteiger partial charge in [0.1, 0.15) is 5.84 Å². The molecule has 0 atom stereocenters. The largest absolute Gasteiger partial charge is 0.493 e. The summed E-state index contributed by atoms with van der Waals surface area (Å²) < 4.78 is 15.9. The maximum atomic E-state index is 12.0. The standard InChI is InChI=1S/C15H17N3O4/c1-20-11-7-5-8(12(21-2)13(11)22-3)10-6-4-9(14(16)17)15(19)18-10/h4-7H,1-3H3,(H3,16,17)(H,18,19). The highest BCUT2D eigenvalue weighted by molar-refractivity contribution is 5.94. The first kappa shape index (κ1) is 15.4. The molecule has 1 heterocycles. The van der Waals surface area contributed by atoms with E-state index in [1.165, 1.54) is 27.4 Å². The third-order valence-corrected chi connectivity index (χ3v) is 3.19. The lowest BCUT2D eigenvalue weighted by Crippen LogP contribution is -2.23. The van der Waals surface area contributed by atoms with Gasteiger partial charge in [0.2, 0.25) is 5.75 Å². The van der Waals surface area contributed by atoms with Crippen LogP contribution in [0.3, 0.4) is 0 Å². The summed E-state index contributed by atoms with van der Waals surface area (Å²) in [6.45, 7) is 0. The molecule has 0 spiro atoms. The van der Waals surface area contributed by atoms with E-state index in [0.29, 0.717) is 28.5 Å². The highest BCUT2D eigenvalue weighted by atomic mass is 16.5. The first-order valence-corrected chi connectivity index (χ1v) is 6.40. The fourth-order valence-corrected chi connectivity index (χ4v) is 2.16. The van der Waals surface area contributed by atoms with Crippen LogP contribution in [-0.2, 0) is 0 Å². The van der Waals surface area contributed by atoms with E-state index in [2.05, 4.69) is 4.98 Å². The molecular weight excluding hydrogens is 286 g/mol. The Morgan fingerprint density at radius 3 is 2.23 bits per heavy atom. The van der Waals surface area contributed by atoms with Gasteiger partial charge in [-0.05, 0) is 24.3 Å². The number of amidine groups is 1. The highest BCUT2D eigenvalue weighted by Gasteiger charge is 2.18. The van der Waals surface area contributed by atoms with Crippen molar-refractivity contribution in [3.8, 4) is 28.5 Å². The smallest absolute Gasteiger partial charge is 0.259 e. The molecule has 0 amide bonds. The fourth-order valence-electron chi connectivity index (χ4n) is 2.16. The monoisotopic (exact) mass is 303 g/mol. The highest BCUT2D eigenvalue weighted by Crippen LogP contribution is 2.43. The molecular formula is C15H17N3O4. The molecule has 0 fully saturated rings. The molecule has 0 bridgehead atoms. The minimum atomic E-state index is -0.443. The van der Waals surface area contributed by atoms with Gasteiger partial charge in [-0.1, -0.05) is 0 Å². The van der Waals surface area contributed by atoms with Gasteiger partial charge in [-0.15, -0.1) is 0 Å². The number of nitrogen functional groups attached to an aromatic ring is 1. The normalized spacial score (nSPS) is 10.1. The van der Waals surface area contributed by atoms with Crippen LogP contribution < -0.4 is 25.5 Å². The van der Waals surface area contributed by atoms with Crippen molar-refractivity contribution in [2.45, 2.75) is 0 Å². The van der Waals surface area contributed by atoms with Gasteiger partial charge >= 0.3 is 0 Å². The van der Waals surface area contributed by atoms with Crippen LogP contribution in [0, 0.1) is 5.41 Å². The van der Waals surface area contributed by atoms with E-state index in [9.17, 15) is 4.79 Å². The van der Waals surface area contributed by atoms with E-state index in [1.54, 1.807) is 18.2 Å². The number of methoxy groups -OCH3 is 3. The SMILES string of the molecule is COc1ccc(-c2ccc(C(=N)N)c(=O)[nH]2)c(OC)c1OC. The second-order valence-electron chi connectivity index (χ2n) is 4.41. The molecule has 116 valence electrons. The Morgan fingerprint density at radius 2 is 1.73 bits per heavy atom. The molecule has 7 nitrogen and oxygen atoms in total. The number of hydrogen-bond donors (Lipinski definition) is 3. The first-order valence-electron chi connectivity index (χ1n) is 6.40. The number of nitrogens with one attached hydrogen (secondary N) is 2. The van der Waals surface area contributed by atoms with Crippen molar-refractivity contribution in [1.29, 1.82) is 5.41 Å². The fraction of sp³-hybridized carbons (Fsp3) is 0.200. The molecule has 4 N–H and O–H groups in total. The lowest BCUT2D eigenvalue weighted by Gasteiger charge is -2.15. The van der Waals surface area contributed by atoms with Gasteiger partial charge in [-0.2, -0.15) is 0 Å². The number of benzene rings is 1. The molecule has 2 rings (SSSR count). The maximum Gasteiger partial charge on any atom is 0.259 e. The van der Waals surface area contributed by atoms with E-state index in [-0.39, 0.29) is 11.4 Å². The molecule has 0 aliphatic heterocycles. The Balaban J connectivity index is 2.65. The Labute approximate surface area is 127 Å². The zero-order valence-electron chi connectivity index (χ0n) is 12.5.